The summed E-state index contributed by atoms with van der Waals surface area (Å²) in [5.74, 6) is 0.448. The third-order valence-electron chi connectivity index (χ3n) is 12.1. The predicted octanol–water partition coefficient (Wildman–Crippen LogP) is 9.90. The molecular formula is C55H40N2O6P+. The van der Waals surface area contributed by atoms with Gasteiger partial charge in [0, 0.05) is 11.5 Å². The van der Waals surface area contributed by atoms with E-state index in [1.54, 1.807) is 36.4 Å². The van der Waals surface area contributed by atoms with Crippen molar-refractivity contribution in [1.29, 1.82) is 0 Å². The molecule has 0 atom stereocenters. The highest BCUT2D eigenvalue weighted by Gasteiger charge is 2.48. The summed E-state index contributed by atoms with van der Waals surface area (Å²) in [5, 5.41) is 6.81. The Bertz CT molecular complexity index is 3020. The maximum absolute atomic E-state index is 14.3. The maximum Gasteiger partial charge on any atom is 0.266 e. The third kappa shape index (κ3) is 6.95. The zero-order valence-electron chi connectivity index (χ0n) is 34.9. The van der Waals surface area contributed by atoms with E-state index >= 15 is 0 Å². The number of imide groups is 2. The molecule has 9 heteroatoms. The Hall–Kier alpha value is -7.93. The summed E-state index contributed by atoms with van der Waals surface area (Å²) in [5.41, 5.74) is 3.47. The molecule has 64 heavy (non-hydrogen) atoms. The van der Waals surface area contributed by atoms with Crippen LogP contribution >= 0.6 is 7.26 Å². The smallest absolute Gasteiger partial charge is 0.266 e. The SMILES string of the molecule is CC(C)(c1ccc(Oc2ccc3c(c2)C(=O)NC3=O)cc1)c1ccc(Oc2ccc3c(c2)C(=O)N(c2cccc([P+](c4ccccc4)(c4ccccc4)c4ccccc4)c2)C3=O)cc1. The van der Waals surface area contributed by atoms with Crippen LogP contribution in [0.1, 0.15) is 66.4 Å². The van der Waals surface area contributed by atoms with E-state index in [1.807, 2.05) is 84.9 Å². The van der Waals surface area contributed by atoms with Crippen LogP contribution in [0.15, 0.2) is 200 Å². The normalized spacial score (nSPS) is 13.4. The van der Waals surface area contributed by atoms with E-state index in [9.17, 15) is 19.2 Å². The highest BCUT2D eigenvalue weighted by atomic mass is 31.2. The van der Waals surface area contributed by atoms with Gasteiger partial charge in [-0.2, -0.15) is 0 Å². The van der Waals surface area contributed by atoms with Crippen LogP contribution < -0.4 is 40.9 Å². The lowest BCUT2D eigenvalue weighted by atomic mass is 9.78. The van der Waals surface area contributed by atoms with Crippen LogP contribution in [-0.4, -0.2) is 23.6 Å². The minimum absolute atomic E-state index is 0.282. The minimum atomic E-state index is -2.48. The Kier molecular flexibility index (Phi) is 10.1. The van der Waals surface area contributed by atoms with Gasteiger partial charge in [-0.05, 0) is 120 Å². The van der Waals surface area contributed by atoms with Crippen LogP contribution in [0.4, 0.5) is 5.69 Å². The lowest BCUT2D eigenvalue weighted by Crippen LogP contribution is -2.39. The summed E-state index contributed by atoms with van der Waals surface area (Å²) in [6.07, 6.45) is 0. The molecule has 8 nitrogen and oxygen atoms in total. The Morgan fingerprint density at radius 1 is 0.406 bits per heavy atom. The molecule has 0 aliphatic carbocycles. The summed E-state index contributed by atoms with van der Waals surface area (Å²) in [4.78, 5) is 53.7. The molecule has 10 rings (SSSR count). The second-order valence-corrected chi connectivity index (χ2v) is 19.6. The molecule has 0 radical (unpaired) electrons. The quantitative estimate of drug-likeness (QED) is 0.103. The van der Waals surface area contributed by atoms with Crippen molar-refractivity contribution in [3.05, 3.63) is 234 Å². The molecule has 0 unspecified atom stereocenters. The van der Waals surface area contributed by atoms with E-state index in [-0.39, 0.29) is 16.9 Å². The molecule has 2 aliphatic heterocycles. The summed E-state index contributed by atoms with van der Waals surface area (Å²) < 4.78 is 12.3. The molecule has 0 spiro atoms. The predicted molar refractivity (Wildman–Crippen MR) is 252 cm³/mol. The van der Waals surface area contributed by atoms with Crippen LogP contribution in [0.25, 0.3) is 0 Å². The van der Waals surface area contributed by atoms with Gasteiger partial charge < -0.3 is 9.47 Å². The van der Waals surface area contributed by atoms with Crippen molar-refractivity contribution in [2.75, 3.05) is 4.90 Å². The van der Waals surface area contributed by atoms with Crippen molar-refractivity contribution in [2.45, 2.75) is 19.3 Å². The Balaban J connectivity index is 0.878. The number of carbonyl (C=O) groups is 4. The van der Waals surface area contributed by atoms with Crippen molar-refractivity contribution in [1.82, 2.24) is 5.32 Å². The van der Waals surface area contributed by atoms with Gasteiger partial charge in [0.2, 0.25) is 0 Å². The molecule has 0 aromatic heterocycles. The second-order valence-electron chi connectivity index (χ2n) is 16.2. The largest absolute Gasteiger partial charge is 0.457 e. The van der Waals surface area contributed by atoms with Crippen LogP contribution in [-0.2, 0) is 5.41 Å². The molecule has 2 heterocycles. The first-order chi connectivity index (χ1) is 31.1. The number of amides is 4. The number of nitrogens with zero attached hydrogens (tertiary/aromatic N) is 1. The standard InChI is InChI=1S/C55H39N2O6P/c1-55(2,36-21-25-39(26-22-36)62-41-29-31-47-49(34-41)52(59)56-51(47)58)37-23-27-40(28-24-37)63-42-30-32-48-50(35-42)54(61)57(53(48)60)38-13-12-20-46(33-38)64(43-14-6-3-7-15-43,44-16-8-4-9-17-44)45-18-10-5-11-19-45/h3-35H,1-2H3/p+1. The van der Waals surface area contributed by atoms with Crippen LogP contribution in [0.3, 0.4) is 0 Å². The van der Waals surface area contributed by atoms with Crippen molar-refractivity contribution in [3.8, 4) is 23.0 Å². The number of carbonyl (C=O) groups excluding carboxylic acids is 4. The van der Waals surface area contributed by atoms with E-state index in [1.165, 1.54) is 4.90 Å². The molecule has 0 saturated heterocycles. The molecule has 8 aromatic carbocycles. The lowest BCUT2D eigenvalue weighted by Gasteiger charge is -2.28. The number of hydrogen-bond donors (Lipinski definition) is 1. The average molecular weight is 856 g/mol. The zero-order valence-corrected chi connectivity index (χ0v) is 35.8. The van der Waals surface area contributed by atoms with E-state index in [0.29, 0.717) is 45.4 Å². The summed E-state index contributed by atoms with van der Waals surface area (Å²) >= 11 is 0. The lowest BCUT2D eigenvalue weighted by molar-refractivity contribution is 0.0874. The van der Waals surface area contributed by atoms with Gasteiger partial charge in [0.1, 0.15) is 51.5 Å². The van der Waals surface area contributed by atoms with Crippen molar-refractivity contribution in [2.24, 2.45) is 0 Å². The number of benzene rings is 8. The van der Waals surface area contributed by atoms with E-state index in [0.717, 1.165) is 32.3 Å². The first-order valence-electron chi connectivity index (χ1n) is 20.9. The zero-order chi connectivity index (χ0) is 44.0. The van der Waals surface area contributed by atoms with Crippen molar-refractivity contribution < 1.29 is 28.7 Å². The highest BCUT2D eigenvalue weighted by molar-refractivity contribution is 8.01. The van der Waals surface area contributed by atoms with Gasteiger partial charge in [-0.25, -0.2) is 4.90 Å². The van der Waals surface area contributed by atoms with E-state index < -0.39 is 25.0 Å². The fourth-order valence-corrected chi connectivity index (χ4v) is 13.0. The van der Waals surface area contributed by atoms with Gasteiger partial charge in [-0.3, -0.25) is 24.5 Å². The van der Waals surface area contributed by atoms with Crippen LogP contribution in [0.2, 0.25) is 0 Å². The molecule has 0 fully saturated rings. The third-order valence-corrected chi connectivity index (χ3v) is 16.4. The number of fused-ring (bicyclic) bond motifs is 2. The number of hydrogen-bond acceptors (Lipinski definition) is 6. The topological polar surface area (TPSA) is 102 Å². The van der Waals surface area contributed by atoms with Gasteiger partial charge in [0.05, 0.1) is 27.9 Å². The maximum atomic E-state index is 14.3. The number of anilines is 1. The molecule has 2 aliphatic rings. The fraction of sp³-hybridized carbons (Fsp3) is 0.0545. The monoisotopic (exact) mass is 855 g/mol. The van der Waals surface area contributed by atoms with E-state index in [4.69, 9.17) is 9.47 Å². The van der Waals surface area contributed by atoms with Crippen LogP contribution in [0.5, 0.6) is 23.0 Å². The Labute approximate surface area is 371 Å². The molecular weight excluding hydrogens is 816 g/mol. The van der Waals surface area contributed by atoms with Gasteiger partial charge in [-0.1, -0.05) is 98.8 Å². The number of nitrogens with one attached hydrogen (secondary N) is 1. The first-order valence-corrected chi connectivity index (χ1v) is 22.7. The van der Waals surface area contributed by atoms with Gasteiger partial charge >= 0.3 is 0 Å². The minimum Gasteiger partial charge on any atom is -0.457 e. The fourth-order valence-electron chi connectivity index (χ4n) is 8.74. The summed E-state index contributed by atoms with van der Waals surface area (Å²) in [6.45, 7) is 4.26. The Morgan fingerprint density at radius 3 is 1.34 bits per heavy atom. The number of ether oxygens (including phenoxy) is 2. The van der Waals surface area contributed by atoms with Crippen molar-refractivity contribution in [3.63, 3.8) is 0 Å². The van der Waals surface area contributed by atoms with Gasteiger partial charge in [0.25, 0.3) is 23.6 Å². The Morgan fingerprint density at radius 2 is 0.828 bits per heavy atom. The molecule has 0 bridgehead atoms. The molecule has 310 valence electrons. The molecule has 1 N–H and O–H groups in total. The number of rotatable bonds is 11. The van der Waals surface area contributed by atoms with Gasteiger partial charge in [-0.15, -0.1) is 0 Å². The van der Waals surface area contributed by atoms with Crippen LogP contribution in [0, 0.1) is 0 Å². The molecule has 4 amide bonds. The molecule has 8 aromatic rings. The second kappa shape index (κ2) is 16.1. The summed E-state index contributed by atoms with van der Waals surface area (Å²) in [6, 6.07) is 64.7. The molecule has 0 saturated carbocycles. The first kappa shape index (κ1) is 40.2. The van der Waals surface area contributed by atoms with Gasteiger partial charge in [0.15, 0.2) is 0 Å². The highest BCUT2D eigenvalue weighted by Crippen LogP contribution is 2.54. The average Bonchev–Trinajstić information content (AvgIpc) is 3.76. The van der Waals surface area contributed by atoms with E-state index in [2.05, 4.69) is 98.0 Å². The van der Waals surface area contributed by atoms with Crippen molar-refractivity contribution >= 4 is 57.8 Å². The summed E-state index contributed by atoms with van der Waals surface area (Å²) in [7, 11) is -2.48.